The molecule has 2 aromatic carbocycles. The van der Waals surface area contributed by atoms with E-state index in [2.05, 4.69) is 5.32 Å². The van der Waals surface area contributed by atoms with Crippen molar-refractivity contribution in [2.75, 3.05) is 11.5 Å². The van der Waals surface area contributed by atoms with E-state index in [0.717, 1.165) is 11.1 Å². The summed E-state index contributed by atoms with van der Waals surface area (Å²) in [6.07, 6.45) is 1.11. The van der Waals surface area contributed by atoms with Crippen molar-refractivity contribution < 1.29 is 23.1 Å². The van der Waals surface area contributed by atoms with Gasteiger partial charge in [0.05, 0.1) is 5.75 Å². The number of carbonyl (C=O) groups excluding carboxylic acids is 1. The van der Waals surface area contributed by atoms with E-state index in [1.165, 1.54) is 0 Å². The molecule has 2 aromatic rings. The van der Waals surface area contributed by atoms with Gasteiger partial charge in [0.25, 0.3) is 0 Å². The molecule has 0 radical (unpaired) electrons. The molecule has 0 unspecified atom stereocenters. The third kappa shape index (κ3) is 7.62. The van der Waals surface area contributed by atoms with Gasteiger partial charge in [0.2, 0.25) is 5.91 Å². The first-order valence-corrected chi connectivity index (χ1v) is 10.5. The van der Waals surface area contributed by atoms with Crippen molar-refractivity contribution in [3.63, 3.8) is 0 Å². The van der Waals surface area contributed by atoms with Gasteiger partial charge in [-0.3, -0.25) is 4.79 Å². The monoisotopic (exact) mass is 389 g/mol. The minimum absolute atomic E-state index is 0.0932. The Labute approximate surface area is 159 Å². The molecule has 7 heteroatoms. The summed E-state index contributed by atoms with van der Waals surface area (Å²) in [7, 11) is -3.60. The fraction of sp³-hybridized carbons (Fsp3) is 0.300. The quantitative estimate of drug-likeness (QED) is 0.646. The average Bonchev–Trinajstić information content (AvgIpc) is 2.62. The highest BCUT2D eigenvalue weighted by Gasteiger charge is 2.23. The molecule has 2 N–H and O–H groups in total. The lowest BCUT2D eigenvalue weighted by Gasteiger charge is -2.14. The highest BCUT2D eigenvalue weighted by molar-refractivity contribution is 7.92. The number of carboxylic acid groups (broad SMARTS) is 1. The number of amides is 1. The maximum atomic E-state index is 12.1. The molecule has 6 nitrogen and oxygen atoms in total. The summed E-state index contributed by atoms with van der Waals surface area (Å²) in [5, 5.41) is 11.6. The molecule has 0 spiro atoms. The molecule has 0 saturated carbocycles. The number of aryl methyl sites for hydroxylation is 1. The molecular weight excluding hydrogens is 366 g/mol. The minimum Gasteiger partial charge on any atom is -0.480 e. The van der Waals surface area contributed by atoms with Crippen molar-refractivity contribution in [3.05, 3.63) is 71.8 Å². The number of nitrogens with one attached hydrogen (secondary N) is 1. The van der Waals surface area contributed by atoms with Crippen LogP contribution in [0.15, 0.2) is 60.7 Å². The van der Waals surface area contributed by atoms with Gasteiger partial charge in [0.1, 0.15) is 11.8 Å². The second-order valence-corrected chi connectivity index (χ2v) is 8.51. The predicted molar refractivity (Wildman–Crippen MR) is 103 cm³/mol. The maximum absolute atomic E-state index is 12.1. The van der Waals surface area contributed by atoms with E-state index < -0.39 is 33.5 Å². The van der Waals surface area contributed by atoms with Crippen LogP contribution in [0.1, 0.15) is 17.5 Å². The molecule has 0 aliphatic heterocycles. The maximum Gasteiger partial charge on any atom is 0.326 e. The number of benzene rings is 2. The average molecular weight is 389 g/mol. The molecule has 0 heterocycles. The summed E-state index contributed by atoms with van der Waals surface area (Å²) in [4.78, 5) is 23.4. The molecule has 1 amide bonds. The standard InChI is InChI=1S/C20H23NO5S/c22-19(21-18(20(23)24)14-17-10-5-2-6-11-17)15-27(25,26)13-7-12-16-8-3-1-4-9-16/h1-6,8-11,18H,7,12-15H2,(H,21,22)(H,23,24)/t18-/m0/s1. The van der Waals surface area contributed by atoms with Crippen molar-refractivity contribution in [3.8, 4) is 0 Å². The van der Waals surface area contributed by atoms with Crippen LogP contribution >= 0.6 is 0 Å². The molecule has 1 atom stereocenters. The van der Waals surface area contributed by atoms with Crippen molar-refractivity contribution >= 4 is 21.7 Å². The summed E-state index contributed by atoms with van der Waals surface area (Å²) in [6.45, 7) is 0. The van der Waals surface area contributed by atoms with E-state index >= 15 is 0 Å². The summed E-state index contributed by atoms with van der Waals surface area (Å²) >= 11 is 0. The Kier molecular flexibility index (Phi) is 7.55. The van der Waals surface area contributed by atoms with Gasteiger partial charge in [-0.1, -0.05) is 60.7 Å². The van der Waals surface area contributed by atoms with E-state index in [-0.39, 0.29) is 12.2 Å². The van der Waals surface area contributed by atoms with Crippen molar-refractivity contribution in [1.82, 2.24) is 5.32 Å². The zero-order valence-electron chi connectivity index (χ0n) is 14.9. The van der Waals surface area contributed by atoms with Crippen LogP contribution in [0.4, 0.5) is 0 Å². The first kappa shape index (κ1) is 20.6. The van der Waals surface area contributed by atoms with Crippen LogP contribution in [0.25, 0.3) is 0 Å². The lowest BCUT2D eigenvalue weighted by molar-refractivity contribution is -0.141. The molecule has 0 saturated heterocycles. The molecule has 0 aromatic heterocycles. The Morgan fingerprint density at radius 2 is 1.48 bits per heavy atom. The second-order valence-electron chi connectivity index (χ2n) is 6.33. The van der Waals surface area contributed by atoms with Gasteiger partial charge in [-0.2, -0.15) is 0 Å². The molecule has 0 bridgehead atoms. The van der Waals surface area contributed by atoms with E-state index in [9.17, 15) is 23.1 Å². The minimum atomic E-state index is -3.60. The summed E-state index contributed by atoms with van der Waals surface area (Å²) in [5.41, 5.74) is 1.78. The number of hydrogen-bond donors (Lipinski definition) is 2. The Morgan fingerprint density at radius 1 is 0.926 bits per heavy atom. The van der Waals surface area contributed by atoms with Gasteiger partial charge in [-0.25, -0.2) is 13.2 Å². The van der Waals surface area contributed by atoms with Crippen LogP contribution < -0.4 is 5.32 Å². The zero-order valence-corrected chi connectivity index (χ0v) is 15.7. The smallest absolute Gasteiger partial charge is 0.326 e. The SMILES string of the molecule is O=C(CS(=O)(=O)CCCc1ccccc1)N[C@@H](Cc1ccccc1)C(=O)O. The van der Waals surface area contributed by atoms with Crippen LogP contribution in [0.5, 0.6) is 0 Å². The van der Waals surface area contributed by atoms with E-state index in [1.54, 1.807) is 30.3 Å². The van der Waals surface area contributed by atoms with Crippen LogP contribution in [-0.4, -0.2) is 42.9 Å². The van der Waals surface area contributed by atoms with Crippen molar-refractivity contribution in [2.45, 2.75) is 25.3 Å². The zero-order chi connectivity index (χ0) is 19.7. The van der Waals surface area contributed by atoms with Crippen molar-refractivity contribution in [1.29, 1.82) is 0 Å². The largest absolute Gasteiger partial charge is 0.480 e. The summed E-state index contributed by atoms with van der Waals surface area (Å²) < 4.78 is 24.3. The van der Waals surface area contributed by atoms with Gasteiger partial charge in [-0.05, 0) is 24.0 Å². The molecule has 0 aliphatic rings. The van der Waals surface area contributed by atoms with E-state index in [4.69, 9.17) is 0 Å². The predicted octanol–water partition coefficient (Wildman–Crippen LogP) is 1.85. The lowest BCUT2D eigenvalue weighted by atomic mass is 10.1. The van der Waals surface area contributed by atoms with Crippen LogP contribution in [0, 0.1) is 0 Å². The van der Waals surface area contributed by atoms with Gasteiger partial charge >= 0.3 is 5.97 Å². The fourth-order valence-electron chi connectivity index (χ4n) is 2.70. The third-order valence-corrected chi connectivity index (χ3v) is 5.64. The number of hydrogen-bond acceptors (Lipinski definition) is 4. The van der Waals surface area contributed by atoms with Crippen LogP contribution in [0.3, 0.4) is 0 Å². The highest BCUT2D eigenvalue weighted by atomic mass is 32.2. The fourth-order valence-corrected chi connectivity index (χ4v) is 3.91. The molecule has 27 heavy (non-hydrogen) atoms. The lowest BCUT2D eigenvalue weighted by Crippen LogP contribution is -2.44. The Hall–Kier alpha value is -2.67. The van der Waals surface area contributed by atoms with Gasteiger partial charge < -0.3 is 10.4 Å². The first-order chi connectivity index (χ1) is 12.9. The second kappa shape index (κ2) is 9.87. The number of sulfone groups is 1. The molecule has 0 aliphatic carbocycles. The summed E-state index contributed by atoms with van der Waals surface area (Å²) in [5.74, 6) is -2.82. The van der Waals surface area contributed by atoms with Gasteiger partial charge in [0, 0.05) is 6.42 Å². The number of aliphatic carboxylic acids is 1. The highest BCUT2D eigenvalue weighted by Crippen LogP contribution is 2.06. The van der Waals surface area contributed by atoms with Crippen LogP contribution in [-0.2, 0) is 32.3 Å². The van der Waals surface area contributed by atoms with Gasteiger partial charge in [0.15, 0.2) is 9.84 Å². The molecule has 0 fully saturated rings. The van der Waals surface area contributed by atoms with E-state index in [0.29, 0.717) is 12.8 Å². The Morgan fingerprint density at radius 3 is 2.04 bits per heavy atom. The number of carbonyl (C=O) groups is 2. The van der Waals surface area contributed by atoms with Gasteiger partial charge in [-0.15, -0.1) is 0 Å². The molecular formula is C20H23NO5S. The Bertz CT molecular complexity index is 850. The summed E-state index contributed by atoms with van der Waals surface area (Å²) in [6, 6.07) is 17.2. The van der Waals surface area contributed by atoms with E-state index in [1.807, 2.05) is 30.3 Å². The molecule has 144 valence electrons. The molecule has 2 rings (SSSR count). The number of rotatable bonds is 10. The number of carboxylic acids is 1. The first-order valence-electron chi connectivity index (χ1n) is 8.66. The normalized spacial score (nSPS) is 12.3. The van der Waals surface area contributed by atoms with Crippen LogP contribution in [0.2, 0.25) is 0 Å². The third-order valence-electron chi connectivity index (χ3n) is 4.03. The topological polar surface area (TPSA) is 101 Å². The Balaban J connectivity index is 1.85. The van der Waals surface area contributed by atoms with Crippen molar-refractivity contribution in [2.24, 2.45) is 0 Å².